The molecule has 4 nitrogen and oxygen atoms in total. The molecular weight excluding hydrogens is 328 g/mol. The zero-order chi connectivity index (χ0) is 17.4. The van der Waals surface area contributed by atoms with E-state index in [1.54, 1.807) is 48.5 Å². The van der Waals surface area contributed by atoms with Crippen LogP contribution < -0.4 is 9.47 Å². The highest BCUT2D eigenvalue weighted by atomic mass is 35.5. The van der Waals surface area contributed by atoms with Crippen molar-refractivity contribution in [3.63, 3.8) is 0 Å². The van der Waals surface area contributed by atoms with Crippen molar-refractivity contribution >= 4 is 17.4 Å². The largest absolute Gasteiger partial charge is 0.491 e. The Bertz CT molecular complexity index is 702. The quantitative estimate of drug-likeness (QED) is 0.454. The Morgan fingerprint density at radius 1 is 1.04 bits per heavy atom. The number of ether oxygens (including phenoxy) is 2. The number of aliphatic hydroxyl groups is 1. The summed E-state index contributed by atoms with van der Waals surface area (Å²) < 4.78 is 10.6. The summed E-state index contributed by atoms with van der Waals surface area (Å²) in [5.41, 5.74) is 1.09. The Kier molecular flexibility index (Phi) is 6.68. The average Bonchev–Trinajstić information content (AvgIpc) is 2.64. The van der Waals surface area contributed by atoms with Gasteiger partial charge in [-0.25, -0.2) is 0 Å². The van der Waals surface area contributed by atoms with Crippen molar-refractivity contribution in [3.8, 4) is 23.8 Å². The van der Waals surface area contributed by atoms with Gasteiger partial charge in [-0.1, -0.05) is 5.92 Å². The molecule has 0 radical (unpaired) electrons. The van der Waals surface area contributed by atoms with Gasteiger partial charge in [0.2, 0.25) is 0 Å². The minimum atomic E-state index is -0.719. The highest BCUT2D eigenvalue weighted by molar-refractivity contribution is 6.18. The Hall–Kier alpha value is -2.48. The fourth-order valence-corrected chi connectivity index (χ4v) is 2.02. The highest BCUT2D eigenvalue weighted by Gasteiger charge is 2.10. The molecule has 0 aromatic heterocycles. The van der Waals surface area contributed by atoms with E-state index in [0.717, 1.165) is 0 Å². The Balaban J connectivity index is 2.00. The van der Waals surface area contributed by atoms with Crippen LogP contribution in [0.1, 0.15) is 15.9 Å². The predicted octanol–water partition coefficient (Wildman–Crippen LogP) is 2.91. The predicted molar refractivity (Wildman–Crippen MR) is 92.9 cm³/mol. The van der Waals surface area contributed by atoms with Crippen LogP contribution in [0.25, 0.3) is 0 Å². The minimum absolute atomic E-state index is 0.106. The summed E-state index contributed by atoms with van der Waals surface area (Å²) >= 11 is 5.50. The molecule has 0 bridgehead atoms. The molecule has 0 aliphatic carbocycles. The van der Waals surface area contributed by atoms with Gasteiger partial charge in [0.05, 0.1) is 5.88 Å². The number of terminal acetylenes is 1. The van der Waals surface area contributed by atoms with Gasteiger partial charge in [-0.05, 0) is 48.5 Å². The molecule has 0 aliphatic heterocycles. The topological polar surface area (TPSA) is 55.8 Å². The standard InChI is InChI=1S/C19H17ClO4/c1-2-11-23-17-7-3-14(4-8-17)19(22)15-5-9-18(10-6-15)24-13-16(21)12-20/h1,3-10,16,21H,11-13H2/t16-/m0/s1. The van der Waals surface area contributed by atoms with E-state index in [1.165, 1.54) is 0 Å². The van der Waals surface area contributed by atoms with Crippen molar-refractivity contribution in [2.75, 3.05) is 19.1 Å². The summed E-state index contributed by atoms with van der Waals surface area (Å²) in [6.45, 7) is 0.295. The third-order valence-electron chi connectivity index (χ3n) is 3.18. The lowest BCUT2D eigenvalue weighted by Gasteiger charge is -2.10. The number of hydrogen-bond acceptors (Lipinski definition) is 4. The van der Waals surface area contributed by atoms with Crippen LogP contribution in [0.2, 0.25) is 0 Å². The third-order valence-corrected chi connectivity index (χ3v) is 3.53. The Morgan fingerprint density at radius 3 is 2.00 bits per heavy atom. The molecule has 0 fully saturated rings. The SMILES string of the molecule is C#CCOc1ccc(C(=O)c2ccc(OC[C@@H](O)CCl)cc2)cc1. The van der Waals surface area contributed by atoms with Gasteiger partial charge in [0.15, 0.2) is 5.78 Å². The van der Waals surface area contributed by atoms with Crippen molar-refractivity contribution in [1.29, 1.82) is 0 Å². The van der Waals surface area contributed by atoms with Crippen LogP contribution in [0.3, 0.4) is 0 Å². The summed E-state index contributed by atoms with van der Waals surface area (Å²) in [5.74, 6) is 3.57. The fourth-order valence-electron chi connectivity index (χ4n) is 1.93. The van der Waals surface area contributed by atoms with Crippen LogP contribution in [0.4, 0.5) is 0 Å². The van der Waals surface area contributed by atoms with E-state index < -0.39 is 6.10 Å². The van der Waals surface area contributed by atoms with E-state index in [2.05, 4.69) is 5.92 Å². The van der Waals surface area contributed by atoms with Crippen LogP contribution in [0.15, 0.2) is 48.5 Å². The molecule has 1 N–H and O–H groups in total. The second kappa shape index (κ2) is 8.97. The van der Waals surface area contributed by atoms with Crippen molar-refractivity contribution in [3.05, 3.63) is 59.7 Å². The van der Waals surface area contributed by atoms with E-state index in [9.17, 15) is 9.90 Å². The molecular formula is C19H17ClO4. The highest BCUT2D eigenvalue weighted by Crippen LogP contribution is 2.18. The molecule has 0 amide bonds. The number of ketones is 1. The normalized spacial score (nSPS) is 11.4. The van der Waals surface area contributed by atoms with E-state index in [1.807, 2.05) is 0 Å². The summed E-state index contributed by atoms with van der Waals surface area (Å²) in [5, 5.41) is 9.35. The van der Waals surface area contributed by atoms with Crippen molar-refractivity contribution < 1.29 is 19.4 Å². The van der Waals surface area contributed by atoms with Crippen molar-refractivity contribution in [2.24, 2.45) is 0 Å². The molecule has 0 unspecified atom stereocenters. The lowest BCUT2D eigenvalue weighted by atomic mass is 10.0. The van der Waals surface area contributed by atoms with Crippen LogP contribution in [-0.2, 0) is 0 Å². The van der Waals surface area contributed by atoms with Gasteiger partial charge in [-0.2, -0.15) is 0 Å². The van der Waals surface area contributed by atoms with E-state index in [0.29, 0.717) is 22.6 Å². The first kappa shape index (κ1) is 17.9. The fraction of sp³-hybridized carbons (Fsp3) is 0.211. The number of benzene rings is 2. The van der Waals surface area contributed by atoms with Gasteiger partial charge in [0.25, 0.3) is 0 Å². The number of rotatable bonds is 8. The molecule has 0 saturated carbocycles. The van der Waals surface area contributed by atoms with Crippen LogP contribution in [-0.4, -0.2) is 36.1 Å². The second-order valence-corrected chi connectivity index (χ2v) is 5.30. The molecule has 1 atom stereocenters. The number of carbonyl (C=O) groups is 1. The minimum Gasteiger partial charge on any atom is -0.491 e. The van der Waals surface area contributed by atoms with Gasteiger partial charge < -0.3 is 14.6 Å². The van der Waals surface area contributed by atoms with Crippen molar-refractivity contribution in [2.45, 2.75) is 6.10 Å². The molecule has 2 aromatic carbocycles. The first-order chi connectivity index (χ1) is 11.6. The van der Waals surface area contributed by atoms with E-state index in [4.69, 9.17) is 27.5 Å². The molecule has 0 spiro atoms. The molecule has 5 heteroatoms. The van der Waals surface area contributed by atoms with Gasteiger partial charge in [-0.15, -0.1) is 18.0 Å². The summed E-state index contributed by atoms with van der Waals surface area (Å²) in [4.78, 5) is 12.4. The molecule has 2 rings (SSSR count). The molecule has 0 heterocycles. The monoisotopic (exact) mass is 344 g/mol. The zero-order valence-electron chi connectivity index (χ0n) is 12.9. The first-order valence-corrected chi connectivity index (χ1v) is 7.85. The van der Waals surface area contributed by atoms with E-state index >= 15 is 0 Å². The second-order valence-electron chi connectivity index (χ2n) is 4.99. The zero-order valence-corrected chi connectivity index (χ0v) is 13.7. The van der Waals surface area contributed by atoms with Crippen LogP contribution in [0.5, 0.6) is 11.5 Å². The number of alkyl halides is 1. The summed E-state index contributed by atoms with van der Waals surface area (Å²) in [6, 6.07) is 13.5. The molecule has 24 heavy (non-hydrogen) atoms. The smallest absolute Gasteiger partial charge is 0.193 e. The van der Waals surface area contributed by atoms with Gasteiger partial charge in [0, 0.05) is 11.1 Å². The number of hydrogen-bond donors (Lipinski definition) is 1. The van der Waals surface area contributed by atoms with Gasteiger partial charge in [0.1, 0.15) is 30.8 Å². The summed E-state index contributed by atoms with van der Waals surface area (Å²) in [6.07, 6.45) is 4.41. The van der Waals surface area contributed by atoms with Gasteiger partial charge >= 0.3 is 0 Å². The molecule has 0 aliphatic rings. The molecule has 0 saturated heterocycles. The maximum Gasteiger partial charge on any atom is 0.193 e. The first-order valence-electron chi connectivity index (χ1n) is 7.32. The molecule has 2 aromatic rings. The molecule has 124 valence electrons. The number of carbonyl (C=O) groups excluding carboxylic acids is 1. The van der Waals surface area contributed by atoms with Gasteiger partial charge in [-0.3, -0.25) is 4.79 Å². The summed E-state index contributed by atoms with van der Waals surface area (Å²) in [7, 11) is 0. The van der Waals surface area contributed by atoms with Crippen LogP contribution in [0, 0.1) is 12.3 Å². The number of aliphatic hydroxyl groups excluding tert-OH is 1. The number of halogens is 1. The van der Waals surface area contributed by atoms with Crippen LogP contribution >= 0.6 is 11.6 Å². The lowest BCUT2D eigenvalue weighted by molar-refractivity contribution is 0.103. The third kappa shape index (κ3) is 5.02. The average molecular weight is 345 g/mol. The van der Waals surface area contributed by atoms with E-state index in [-0.39, 0.29) is 24.9 Å². The maximum atomic E-state index is 12.4. The maximum absolute atomic E-state index is 12.4. The lowest BCUT2D eigenvalue weighted by Crippen LogP contribution is -2.18. The Morgan fingerprint density at radius 2 is 1.54 bits per heavy atom. The Labute approximate surface area is 146 Å². The van der Waals surface area contributed by atoms with Crippen molar-refractivity contribution in [1.82, 2.24) is 0 Å².